The molecule has 1 aromatic heterocycles. The number of hydrogen-bond acceptors (Lipinski definition) is 7. The van der Waals surface area contributed by atoms with E-state index in [9.17, 15) is 9.59 Å². The number of aromatic amines is 1. The predicted octanol–water partition coefficient (Wildman–Crippen LogP) is 8.57. The lowest BCUT2D eigenvalue weighted by Gasteiger charge is -2.36. The van der Waals surface area contributed by atoms with Crippen molar-refractivity contribution in [1.82, 2.24) is 4.98 Å². The molecule has 1 aromatic rings. The van der Waals surface area contributed by atoms with Crippen LogP contribution in [0.1, 0.15) is 104 Å². The molecule has 0 aromatic carbocycles. The molecule has 0 spiro atoms. The number of carbonyl (C=O) groups excluding carboxylic acids is 2. The zero-order chi connectivity index (χ0) is 32.5. The molecule has 0 bridgehead atoms. The van der Waals surface area contributed by atoms with Crippen LogP contribution >= 0.6 is 0 Å². The van der Waals surface area contributed by atoms with Crippen LogP contribution in [0.25, 0.3) is 6.08 Å². The number of nitrogens with zero attached hydrogens (tertiary/aromatic N) is 1. The van der Waals surface area contributed by atoms with Gasteiger partial charge in [0.05, 0.1) is 28.9 Å². The van der Waals surface area contributed by atoms with E-state index in [1.807, 2.05) is 26.8 Å². The molecule has 0 saturated heterocycles. The quantitative estimate of drug-likeness (QED) is 0.126. The maximum absolute atomic E-state index is 13.6. The minimum Gasteiger partial charge on any atom is -0.424 e. The summed E-state index contributed by atoms with van der Waals surface area (Å²) in [5.41, 5.74) is 4.38. The molecule has 4 unspecified atom stereocenters. The van der Waals surface area contributed by atoms with Crippen LogP contribution in [0.3, 0.4) is 0 Å². The Bertz CT molecular complexity index is 1340. The molecule has 8 nitrogen and oxygen atoms in total. The summed E-state index contributed by atoms with van der Waals surface area (Å²) in [6.07, 6.45) is 6.67. The molecule has 2 fully saturated rings. The molecule has 4 atom stereocenters. The number of carbonyl (C=O) groups is 2. The number of ether oxygens (including phenoxy) is 2. The fourth-order valence-corrected chi connectivity index (χ4v) is 8.26. The van der Waals surface area contributed by atoms with Gasteiger partial charge in [0.25, 0.3) is 0 Å². The van der Waals surface area contributed by atoms with Crippen molar-refractivity contribution in [2.75, 3.05) is 0 Å². The molecule has 3 aliphatic rings. The molecule has 242 valence electrons. The lowest BCUT2D eigenvalue weighted by atomic mass is 9.69. The van der Waals surface area contributed by atoms with Gasteiger partial charge in [-0.3, -0.25) is 9.59 Å². The zero-order valence-corrected chi connectivity index (χ0v) is 28.1. The first-order valence-electron chi connectivity index (χ1n) is 16.3. The molecule has 2 N–H and O–H groups in total. The number of aliphatic imine (C=N–C) groups is 1. The van der Waals surface area contributed by atoms with E-state index < -0.39 is 0 Å². The summed E-state index contributed by atoms with van der Waals surface area (Å²) in [4.78, 5) is 39.5. The summed E-state index contributed by atoms with van der Waals surface area (Å²) < 4.78 is 12.2. The molecular formula is C36H52N2O6. The molecule has 1 aliphatic heterocycles. The summed E-state index contributed by atoms with van der Waals surface area (Å²) in [6.45, 7) is 22.5. The fraction of sp³-hybridized carbons (Fsp3) is 0.639. The average molecular weight is 609 g/mol. The van der Waals surface area contributed by atoms with Crippen LogP contribution in [0.5, 0.6) is 5.75 Å². The zero-order valence-electron chi connectivity index (χ0n) is 28.1. The van der Waals surface area contributed by atoms with Gasteiger partial charge in [0.15, 0.2) is 11.5 Å². The maximum atomic E-state index is 13.6. The first kappa shape index (κ1) is 33.8. The van der Waals surface area contributed by atoms with Gasteiger partial charge in [-0.2, -0.15) is 0 Å². The van der Waals surface area contributed by atoms with Gasteiger partial charge in [-0.25, -0.2) is 10.2 Å². The van der Waals surface area contributed by atoms with Crippen LogP contribution in [0, 0.1) is 61.2 Å². The van der Waals surface area contributed by atoms with E-state index in [2.05, 4.69) is 58.0 Å². The highest BCUT2D eigenvalue weighted by Crippen LogP contribution is 2.41. The minimum atomic E-state index is -0.223. The predicted molar refractivity (Wildman–Crippen MR) is 173 cm³/mol. The van der Waals surface area contributed by atoms with E-state index in [1.54, 1.807) is 0 Å². The number of hydrogen-bond donors (Lipinski definition) is 2. The second-order valence-electron chi connectivity index (χ2n) is 14.2. The van der Waals surface area contributed by atoms with Crippen molar-refractivity contribution in [2.24, 2.45) is 52.3 Å². The van der Waals surface area contributed by atoms with Crippen molar-refractivity contribution in [3.63, 3.8) is 0 Å². The minimum absolute atomic E-state index is 0.124. The monoisotopic (exact) mass is 608 g/mol. The van der Waals surface area contributed by atoms with E-state index in [4.69, 9.17) is 19.7 Å². The Kier molecular flexibility index (Phi) is 10.7. The lowest BCUT2D eigenvalue weighted by Crippen LogP contribution is -2.37. The molecule has 44 heavy (non-hydrogen) atoms. The van der Waals surface area contributed by atoms with Gasteiger partial charge in [-0.05, 0) is 88.0 Å². The van der Waals surface area contributed by atoms with Gasteiger partial charge in [0, 0.05) is 29.7 Å². The molecule has 0 amide bonds. The Balaban J connectivity index is 1.60. The third-order valence-electron chi connectivity index (χ3n) is 10.2. The third-order valence-corrected chi connectivity index (χ3v) is 10.2. The summed E-state index contributed by atoms with van der Waals surface area (Å²) in [7, 11) is 0. The summed E-state index contributed by atoms with van der Waals surface area (Å²) in [5, 5.41) is 9.03. The number of allylic oxidation sites excluding steroid dienone is 3. The van der Waals surface area contributed by atoms with Gasteiger partial charge in [0.1, 0.15) is 5.76 Å². The van der Waals surface area contributed by atoms with Gasteiger partial charge in [-0.1, -0.05) is 48.1 Å². The molecular weight excluding hydrogens is 556 g/mol. The lowest BCUT2D eigenvalue weighted by molar-refractivity contribution is -0.204. The van der Waals surface area contributed by atoms with E-state index >= 15 is 0 Å². The van der Waals surface area contributed by atoms with Crippen LogP contribution < -0.4 is 4.74 Å². The van der Waals surface area contributed by atoms with Crippen LogP contribution in [0.15, 0.2) is 34.4 Å². The summed E-state index contributed by atoms with van der Waals surface area (Å²) in [6, 6.07) is 0. The van der Waals surface area contributed by atoms with Gasteiger partial charge >= 0.3 is 11.9 Å². The topological polar surface area (TPSA) is 110 Å². The largest absolute Gasteiger partial charge is 0.424 e. The number of H-pyrrole nitrogens is 1. The Morgan fingerprint density at radius 3 is 1.89 bits per heavy atom. The SMILES string of the molecule is C=C(CCC1=NC(=Cc2[nH]c(C)c(OC(=O)C3C(C)CC(C)CC3C)c2C)C(C)=C1OC(=O)C1C(C)CC(C)CC1C)OO. The van der Waals surface area contributed by atoms with E-state index in [0.717, 1.165) is 48.2 Å². The van der Waals surface area contributed by atoms with Gasteiger partial charge in [0.2, 0.25) is 0 Å². The Morgan fingerprint density at radius 1 is 0.886 bits per heavy atom. The Labute approximate surface area is 263 Å². The van der Waals surface area contributed by atoms with Crippen molar-refractivity contribution in [3.05, 3.63) is 46.3 Å². The number of aromatic nitrogens is 1. The van der Waals surface area contributed by atoms with Crippen molar-refractivity contribution in [1.29, 1.82) is 0 Å². The molecule has 2 saturated carbocycles. The van der Waals surface area contributed by atoms with Crippen LogP contribution in [0.4, 0.5) is 0 Å². The number of aryl methyl sites for hydroxylation is 1. The molecule has 2 heterocycles. The third kappa shape index (κ3) is 7.22. The number of esters is 2. The molecule has 2 aliphatic carbocycles. The highest BCUT2D eigenvalue weighted by molar-refractivity contribution is 6.05. The van der Waals surface area contributed by atoms with Gasteiger partial charge < -0.3 is 19.3 Å². The highest BCUT2D eigenvalue weighted by Gasteiger charge is 2.40. The molecule has 4 rings (SSSR count). The standard InChI is InChI=1S/C36H52N2O6/c1-18-13-20(3)31(21(4)14-18)35(39)42-33-25(8)29(37-27(33)10)17-30-26(9)34(28(38-30)12-11-24(7)44-41)43-36(40)32-22(5)15-19(2)16-23(32)6/h17-23,31-32,37,41H,7,11-16H2,1-6,8-10H3. The first-order valence-corrected chi connectivity index (χ1v) is 16.3. The van der Waals surface area contributed by atoms with E-state index in [-0.39, 0.29) is 53.2 Å². The van der Waals surface area contributed by atoms with Crippen molar-refractivity contribution < 1.29 is 29.2 Å². The Hall–Kier alpha value is -3.13. The Morgan fingerprint density at radius 2 is 1.39 bits per heavy atom. The maximum Gasteiger partial charge on any atom is 0.314 e. The van der Waals surface area contributed by atoms with Crippen LogP contribution in [-0.4, -0.2) is 27.9 Å². The summed E-state index contributed by atoms with van der Waals surface area (Å²) in [5.74, 6) is 2.73. The highest BCUT2D eigenvalue weighted by atomic mass is 17.1. The average Bonchev–Trinajstić information content (AvgIpc) is 3.35. The van der Waals surface area contributed by atoms with Crippen molar-refractivity contribution in [3.8, 4) is 5.75 Å². The second-order valence-corrected chi connectivity index (χ2v) is 14.2. The first-order chi connectivity index (χ1) is 20.7. The smallest absolute Gasteiger partial charge is 0.314 e. The van der Waals surface area contributed by atoms with E-state index in [0.29, 0.717) is 47.6 Å². The van der Waals surface area contributed by atoms with Gasteiger partial charge in [-0.15, -0.1) is 0 Å². The fourth-order valence-electron chi connectivity index (χ4n) is 8.26. The number of nitrogens with one attached hydrogen (secondary N) is 1. The number of rotatable bonds is 9. The second kappa shape index (κ2) is 13.9. The van der Waals surface area contributed by atoms with Crippen LogP contribution in [-0.2, 0) is 19.2 Å². The van der Waals surface area contributed by atoms with E-state index in [1.165, 1.54) is 0 Å². The molecule has 0 radical (unpaired) electrons. The van der Waals surface area contributed by atoms with Crippen LogP contribution in [0.2, 0.25) is 0 Å². The molecule has 8 heteroatoms. The summed E-state index contributed by atoms with van der Waals surface area (Å²) >= 11 is 0. The van der Waals surface area contributed by atoms with Crippen molar-refractivity contribution >= 4 is 23.7 Å². The normalized spacial score (nSPS) is 31.6. The van der Waals surface area contributed by atoms with Crippen molar-refractivity contribution in [2.45, 2.75) is 101 Å².